The zero-order chi connectivity index (χ0) is 24.0. The Morgan fingerprint density at radius 3 is 2.13 bits per heavy atom. The summed E-state index contributed by atoms with van der Waals surface area (Å²) in [6.07, 6.45) is 1.84. The molecule has 1 aliphatic rings. The second-order valence-corrected chi connectivity index (χ2v) is 10.8. The number of aliphatic carboxylic acids is 1. The maximum Gasteiger partial charge on any atom is 0.411 e. The van der Waals surface area contributed by atoms with Crippen molar-refractivity contribution in [3.63, 3.8) is 0 Å². The molecule has 2 N–H and O–H groups in total. The molecule has 1 aliphatic heterocycles. The van der Waals surface area contributed by atoms with Crippen molar-refractivity contribution in [2.24, 2.45) is 5.92 Å². The SMILES string of the molecule is CC(C)C[C@H](NCCC[C@@]1(C(=O)O)CCCN1C(=O)OC(C)(C)C)C(=O)OC(C)(C)C. The third-order valence-electron chi connectivity index (χ3n) is 5.06. The van der Waals surface area contributed by atoms with Crippen molar-refractivity contribution in [3.05, 3.63) is 0 Å². The largest absolute Gasteiger partial charge is 0.479 e. The van der Waals surface area contributed by atoms with E-state index in [9.17, 15) is 19.5 Å². The van der Waals surface area contributed by atoms with Crippen molar-refractivity contribution in [3.8, 4) is 0 Å². The van der Waals surface area contributed by atoms with Gasteiger partial charge in [0.15, 0.2) is 0 Å². The number of carboxylic acids is 1. The van der Waals surface area contributed by atoms with E-state index >= 15 is 0 Å². The van der Waals surface area contributed by atoms with Crippen LogP contribution in [0, 0.1) is 5.92 Å². The fourth-order valence-electron chi connectivity index (χ4n) is 3.82. The van der Waals surface area contributed by atoms with E-state index in [1.165, 1.54) is 4.90 Å². The summed E-state index contributed by atoms with van der Waals surface area (Å²) < 4.78 is 11.0. The molecule has 1 amide bonds. The van der Waals surface area contributed by atoms with E-state index in [0.29, 0.717) is 44.7 Å². The topological polar surface area (TPSA) is 105 Å². The summed E-state index contributed by atoms with van der Waals surface area (Å²) in [5.74, 6) is -1.01. The van der Waals surface area contributed by atoms with Gasteiger partial charge < -0.3 is 19.9 Å². The van der Waals surface area contributed by atoms with Gasteiger partial charge in [-0.3, -0.25) is 9.69 Å². The van der Waals surface area contributed by atoms with E-state index < -0.39 is 34.8 Å². The number of hydrogen-bond donors (Lipinski definition) is 2. The van der Waals surface area contributed by atoms with Crippen LogP contribution in [0.4, 0.5) is 4.79 Å². The Labute approximate surface area is 187 Å². The summed E-state index contributed by atoms with van der Waals surface area (Å²) in [5.41, 5.74) is -2.54. The van der Waals surface area contributed by atoms with Gasteiger partial charge in [-0.05, 0) is 86.1 Å². The van der Waals surface area contributed by atoms with Crippen LogP contribution in [0.2, 0.25) is 0 Å². The van der Waals surface area contributed by atoms with Crippen LogP contribution in [0.25, 0.3) is 0 Å². The van der Waals surface area contributed by atoms with Crippen molar-refractivity contribution in [1.29, 1.82) is 0 Å². The maximum atomic E-state index is 12.6. The number of carbonyl (C=O) groups is 3. The highest BCUT2D eigenvalue weighted by molar-refractivity contribution is 5.85. The molecule has 0 aromatic heterocycles. The van der Waals surface area contributed by atoms with E-state index in [1.54, 1.807) is 20.8 Å². The molecule has 0 spiro atoms. The van der Waals surface area contributed by atoms with Gasteiger partial charge in [0.1, 0.15) is 22.8 Å². The molecule has 2 atom stereocenters. The van der Waals surface area contributed by atoms with Crippen molar-refractivity contribution in [2.75, 3.05) is 13.1 Å². The number of hydrogen-bond acceptors (Lipinski definition) is 6. The van der Waals surface area contributed by atoms with Gasteiger partial charge in [-0.1, -0.05) is 13.8 Å². The van der Waals surface area contributed by atoms with E-state index in [4.69, 9.17) is 9.47 Å². The molecule has 1 heterocycles. The molecule has 1 fully saturated rings. The summed E-state index contributed by atoms with van der Waals surface area (Å²) in [4.78, 5) is 38.7. The van der Waals surface area contributed by atoms with E-state index in [1.807, 2.05) is 34.6 Å². The number of rotatable bonds is 9. The number of nitrogens with zero attached hydrogens (tertiary/aromatic N) is 1. The third kappa shape index (κ3) is 8.67. The minimum absolute atomic E-state index is 0.289. The molecule has 8 nitrogen and oxygen atoms in total. The smallest absolute Gasteiger partial charge is 0.411 e. The molecule has 0 aromatic carbocycles. The highest BCUT2D eigenvalue weighted by Crippen LogP contribution is 2.35. The minimum atomic E-state index is -1.27. The first-order chi connectivity index (χ1) is 14.1. The van der Waals surface area contributed by atoms with Gasteiger partial charge in [-0.2, -0.15) is 0 Å². The Kier molecular flexibility index (Phi) is 9.35. The van der Waals surface area contributed by atoms with Crippen molar-refractivity contribution < 1.29 is 29.0 Å². The fraction of sp³-hybridized carbons (Fsp3) is 0.870. The Morgan fingerprint density at radius 2 is 1.65 bits per heavy atom. The van der Waals surface area contributed by atoms with Crippen molar-refractivity contribution >= 4 is 18.0 Å². The Morgan fingerprint density at radius 1 is 1.06 bits per heavy atom. The van der Waals surface area contributed by atoms with Gasteiger partial charge in [0, 0.05) is 6.54 Å². The van der Waals surface area contributed by atoms with Gasteiger partial charge in [0.05, 0.1) is 0 Å². The van der Waals surface area contributed by atoms with Gasteiger partial charge in [-0.15, -0.1) is 0 Å². The fourth-order valence-corrected chi connectivity index (χ4v) is 3.82. The molecule has 0 unspecified atom stereocenters. The molecule has 1 saturated heterocycles. The first kappa shape index (κ1) is 27.2. The quantitative estimate of drug-likeness (QED) is 0.411. The highest BCUT2D eigenvalue weighted by Gasteiger charge is 2.50. The maximum absolute atomic E-state index is 12.6. The molecule has 8 heteroatoms. The molecular weight excluding hydrogens is 400 g/mol. The summed E-state index contributed by atoms with van der Waals surface area (Å²) in [6, 6.07) is -0.453. The van der Waals surface area contributed by atoms with Crippen LogP contribution in [-0.2, 0) is 19.1 Å². The van der Waals surface area contributed by atoms with Gasteiger partial charge in [-0.25, -0.2) is 9.59 Å². The summed E-state index contributed by atoms with van der Waals surface area (Å²) in [7, 11) is 0. The third-order valence-corrected chi connectivity index (χ3v) is 5.06. The molecule has 0 aromatic rings. The first-order valence-corrected chi connectivity index (χ1v) is 11.3. The van der Waals surface area contributed by atoms with E-state index in [2.05, 4.69) is 5.32 Å². The Bertz CT molecular complexity index is 635. The molecule has 0 aliphatic carbocycles. The van der Waals surface area contributed by atoms with Crippen LogP contribution >= 0.6 is 0 Å². The van der Waals surface area contributed by atoms with Crippen molar-refractivity contribution in [1.82, 2.24) is 10.2 Å². The van der Waals surface area contributed by atoms with Gasteiger partial charge >= 0.3 is 18.0 Å². The highest BCUT2D eigenvalue weighted by atomic mass is 16.6. The Balaban J connectivity index is 2.78. The second-order valence-electron chi connectivity index (χ2n) is 10.8. The Hall–Kier alpha value is -1.83. The number of amides is 1. The lowest BCUT2D eigenvalue weighted by Crippen LogP contribution is -2.54. The van der Waals surface area contributed by atoms with Crippen LogP contribution in [0.15, 0.2) is 0 Å². The predicted molar refractivity (Wildman–Crippen MR) is 119 cm³/mol. The predicted octanol–water partition coefficient (Wildman–Crippen LogP) is 3.97. The lowest BCUT2D eigenvalue weighted by Gasteiger charge is -2.36. The summed E-state index contributed by atoms with van der Waals surface area (Å²) >= 11 is 0. The molecule has 0 radical (unpaired) electrons. The lowest BCUT2D eigenvalue weighted by molar-refractivity contribution is -0.158. The second kappa shape index (κ2) is 10.7. The number of nitrogens with one attached hydrogen (secondary N) is 1. The minimum Gasteiger partial charge on any atom is -0.479 e. The molecule has 180 valence electrons. The molecule has 1 rings (SSSR count). The van der Waals surface area contributed by atoms with Crippen LogP contribution in [0.5, 0.6) is 0 Å². The lowest BCUT2D eigenvalue weighted by atomic mass is 9.90. The standard InChI is InChI=1S/C23H42N2O6/c1-16(2)15-17(18(26)30-21(3,4)5)24-13-9-11-23(19(27)28)12-10-14-25(23)20(29)31-22(6,7)8/h16-17,24H,9-15H2,1-8H3,(H,27,28)/t17-,23-/m0/s1. The van der Waals surface area contributed by atoms with Crippen LogP contribution in [0.3, 0.4) is 0 Å². The molecule has 0 bridgehead atoms. The summed E-state index contributed by atoms with van der Waals surface area (Å²) in [6.45, 7) is 15.7. The van der Waals surface area contributed by atoms with Gasteiger partial charge in [0.2, 0.25) is 0 Å². The van der Waals surface area contributed by atoms with E-state index in [0.717, 1.165) is 0 Å². The number of likely N-dealkylation sites (tertiary alicyclic amines) is 1. The average molecular weight is 443 g/mol. The normalized spacial score (nSPS) is 20.6. The zero-order valence-electron chi connectivity index (χ0n) is 20.5. The van der Waals surface area contributed by atoms with Crippen LogP contribution in [-0.4, -0.2) is 63.9 Å². The number of esters is 1. The molecule has 0 saturated carbocycles. The van der Waals surface area contributed by atoms with Crippen molar-refractivity contribution in [2.45, 2.75) is 110 Å². The first-order valence-electron chi connectivity index (χ1n) is 11.3. The average Bonchev–Trinajstić information content (AvgIpc) is 2.99. The molecule has 31 heavy (non-hydrogen) atoms. The number of carbonyl (C=O) groups excluding carboxylic acids is 2. The monoisotopic (exact) mass is 442 g/mol. The van der Waals surface area contributed by atoms with Crippen LogP contribution in [0.1, 0.15) is 87.5 Å². The number of carboxylic acid groups (broad SMARTS) is 1. The number of ether oxygens (including phenoxy) is 2. The van der Waals surface area contributed by atoms with Gasteiger partial charge in [0.25, 0.3) is 0 Å². The zero-order valence-corrected chi connectivity index (χ0v) is 20.5. The van der Waals surface area contributed by atoms with Crippen LogP contribution < -0.4 is 5.32 Å². The summed E-state index contributed by atoms with van der Waals surface area (Å²) in [5, 5.41) is 13.2. The van der Waals surface area contributed by atoms with E-state index in [-0.39, 0.29) is 12.4 Å². The molecular formula is C23H42N2O6.